The average molecular weight is 296 g/mol. The van der Waals surface area contributed by atoms with Crippen LogP contribution in [0.1, 0.15) is 38.5 Å². The lowest BCUT2D eigenvalue weighted by Crippen LogP contribution is -2.38. The Morgan fingerprint density at radius 3 is 1.67 bits per heavy atom. The van der Waals surface area contributed by atoms with Crippen molar-refractivity contribution in [1.82, 2.24) is 0 Å². The van der Waals surface area contributed by atoms with Crippen LogP contribution in [-0.4, -0.2) is 9.65 Å². The van der Waals surface area contributed by atoms with E-state index in [0.29, 0.717) is 0 Å². The lowest BCUT2D eigenvalue weighted by molar-refractivity contribution is 0.190. The molecule has 0 amide bonds. The third-order valence-electron chi connectivity index (χ3n) is 3.49. The van der Waals surface area contributed by atoms with E-state index in [1.165, 1.54) is 38.5 Å². The molecule has 12 heavy (non-hydrogen) atoms. The minimum Gasteiger partial charge on any atom is -0.0887 e. The van der Waals surface area contributed by atoms with Gasteiger partial charge in [-0.2, -0.15) is 0 Å². The summed E-state index contributed by atoms with van der Waals surface area (Å²) in [5, 5.41) is 0. The number of halogens is 2. The molecular weight excluding hydrogens is 280 g/mol. The second-order valence-corrected chi connectivity index (χ2v) is 6.58. The molecule has 0 aromatic rings. The van der Waals surface area contributed by atoms with Gasteiger partial charge in [-0.05, 0) is 24.7 Å². The van der Waals surface area contributed by atoms with E-state index >= 15 is 0 Å². The van der Waals surface area contributed by atoms with E-state index in [2.05, 4.69) is 31.9 Å². The average Bonchev–Trinajstić information content (AvgIpc) is 2.04. The molecule has 2 aliphatic rings. The molecule has 2 aliphatic carbocycles. The normalized spacial score (nSPS) is 48.5. The third-order valence-corrected chi connectivity index (χ3v) is 5.63. The first-order chi connectivity index (χ1) is 5.79. The van der Waals surface area contributed by atoms with Gasteiger partial charge in [0.15, 0.2) is 0 Å². The zero-order chi connectivity index (χ0) is 8.55. The minimum absolute atomic E-state index is 0.793. The maximum atomic E-state index is 3.84. The summed E-state index contributed by atoms with van der Waals surface area (Å²) in [5.41, 5.74) is 0. The van der Waals surface area contributed by atoms with Crippen LogP contribution in [0.4, 0.5) is 0 Å². The topological polar surface area (TPSA) is 0 Å². The maximum Gasteiger partial charge on any atom is 0.0187 e. The largest absolute Gasteiger partial charge is 0.0887 e. The molecule has 0 N–H and O–H groups in total. The number of hydrogen-bond acceptors (Lipinski definition) is 0. The molecule has 0 bridgehead atoms. The summed E-state index contributed by atoms with van der Waals surface area (Å²) in [6, 6.07) is 0. The molecule has 2 fully saturated rings. The smallest absolute Gasteiger partial charge is 0.0187 e. The van der Waals surface area contributed by atoms with Crippen molar-refractivity contribution >= 4 is 31.9 Å². The molecular formula is C10H16Br2. The van der Waals surface area contributed by atoms with E-state index < -0.39 is 0 Å². The van der Waals surface area contributed by atoms with Crippen LogP contribution in [-0.2, 0) is 0 Å². The van der Waals surface area contributed by atoms with Crippen molar-refractivity contribution in [2.75, 3.05) is 0 Å². The zero-order valence-electron chi connectivity index (χ0n) is 7.31. The van der Waals surface area contributed by atoms with Gasteiger partial charge < -0.3 is 0 Å². The Morgan fingerprint density at radius 1 is 0.750 bits per heavy atom. The highest BCUT2D eigenvalue weighted by Crippen LogP contribution is 2.45. The van der Waals surface area contributed by atoms with Crippen LogP contribution < -0.4 is 0 Å². The predicted molar refractivity (Wildman–Crippen MR) is 60.1 cm³/mol. The summed E-state index contributed by atoms with van der Waals surface area (Å²) < 4.78 is 0. The van der Waals surface area contributed by atoms with Crippen molar-refractivity contribution in [3.05, 3.63) is 0 Å². The first-order valence-corrected chi connectivity index (χ1v) is 6.90. The Labute approximate surface area is 91.7 Å². The van der Waals surface area contributed by atoms with Crippen LogP contribution in [0, 0.1) is 11.8 Å². The SMILES string of the molecule is BrC1CCCC2CCCC(Br)C12. The highest BCUT2D eigenvalue weighted by Gasteiger charge is 2.38. The van der Waals surface area contributed by atoms with Gasteiger partial charge in [0, 0.05) is 9.65 Å². The third kappa shape index (κ3) is 1.75. The monoisotopic (exact) mass is 294 g/mol. The van der Waals surface area contributed by atoms with Crippen molar-refractivity contribution in [2.24, 2.45) is 11.8 Å². The molecule has 0 heterocycles. The molecule has 70 valence electrons. The second-order valence-electron chi connectivity index (χ2n) is 4.23. The van der Waals surface area contributed by atoms with Gasteiger partial charge >= 0.3 is 0 Å². The molecule has 0 saturated heterocycles. The Hall–Kier alpha value is 0.960. The fourth-order valence-corrected chi connectivity index (χ4v) is 5.54. The van der Waals surface area contributed by atoms with Crippen molar-refractivity contribution in [3.63, 3.8) is 0 Å². The number of hydrogen-bond donors (Lipinski definition) is 0. The molecule has 2 saturated carbocycles. The van der Waals surface area contributed by atoms with Crippen LogP contribution in [0.2, 0.25) is 0 Å². The number of alkyl halides is 2. The van der Waals surface area contributed by atoms with Gasteiger partial charge in [0.2, 0.25) is 0 Å². The summed E-state index contributed by atoms with van der Waals surface area (Å²) in [7, 11) is 0. The Balaban J connectivity index is 2.07. The quantitative estimate of drug-likeness (QED) is 0.590. The first-order valence-electron chi connectivity index (χ1n) is 5.07. The second kappa shape index (κ2) is 4.00. The van der Waals surface area contributed by atoms with E-state index in [-0.39, 0.29) is 0 Å². The Kier molecular flexibility index (Phi) is 3.17. The van der Waals surface area contributed by atoms with E-state index in [9.17, 15) is 0 Å². The van der Waals surface area contributed by atoms with Crippen LogP contribution >= 0.6 is 31.9 Å². The van der Waals surface area contributed by atoms with Crippen LogP contribution in [0.3, 0.4) is 0 Å². The molecule has 2 unspecified atom stereocenters. The molecule has 0 spiro atoms. The zero-order valence-corrected chi connectivity index (χ0v) is 10.5. The van der Waals surface area contributed by atoms with Gasteiger partial charge in [0.25, 0.3) is 0 Å². The van der Waals surface area contributed by atoms with E-state index in [0.717, 1.165) is 21.5 Å². The molecule has 0 radical (unpaired) electrons. The maximum absolute atomic E-state index is 3.84. The molecule has 0 aromatic carbocycles. The van der Waals surface area contributed by atoms with Gasteiger partial charge in [0.05, 0.1) is 0 Å². The first kappa shape index (κ1) is 9.51. The number of fused-ring (bicyclic) bond motifs is 1. The van der Waals surface area contributed by atoms with Gasteiger partial charge in [-0.15, -0.1) is 0 Å². The Morgan fingerprint density at radius 2 is 1.25 bits per heavy atom. The lowest BCUT2D eigenvalue weighted by Gasteiger charge is -2.42. The van der Waals surface area contributed by atoms with Crippen molar-refractivity contribution in [2.45, 2.75) is 48.2 Å². The highest BCUT2D eigenvalue weighted by atomic mass is 79.9. The van der Waals surface area contributed by atoms with Crippen LogP contribution in [0.15, 0.2) is 0 Å². The minimum atomic E-state index is 0.793. The van der Waals surface area contributed by atoms with E-state index in [1.807, 2.05) is 0 Å². The summed E-state index contributed by atoms with van der Waals surface area (Å²) >= 11 is 7.68. The summed E-state index contributed by atoms with van der Waals surface area (Å²) in [4.78, 5) is 1.59. The number of rotatable bonds is 0. The molecule has 0 aliphatic heterocycles. The van der Waals surface area contributed by atoms with Crippen molar-refractivity contribution < 1.29 is 0 Å². The van der Waals surface area contributed by atoms with Gasteiger partial charge in [-0.1, -0.05) is 57.5 Å². The predicted octanol–water partition coefficient (Wildman–Crippen LogP) is 4.11. The Bertz CT molecular complexity index is 142. The lowest BCUT2D eigenvalue weighted by atomic mass is 9.71. The summed E-state index contributed by atoms with van der Waals surface area (Å²) in [6.07, 6.45) is 8.63. The fourth-order valence-electron chi connectivity index (χ4n) is 2.88. The standard InChI is InChI=1S/C10H16Br2/c11-8-5-1-3-7-4-2-6-9(12)10(7)8/h7-10H,1-6H2. The van der Waals surface area contributed by atoms with Gasteiger partial charge in [0.1, 0.15) is 0 Å². The van der Waals surface area contributed by atoms with Gasteiger partial charge in [-0.25, -0.2) is 0 Å². The fraction of sp³-hybridized carbons (Fsp3) is 1.00. The molecule has 0 aromatic heterocycles. The van der Waals surface area contributed by atoms with Crippen LogP contribution in [0.25, 0.3) is 0 Å². The summed E-state index contributed by atoms with van der Waals surface area (Å²) in [6.45, 7) is 0. The molecule has 2 atom stereocenters. The van der Waals surface area contributed by atoms with Crippen LogP contribution in [0.5, 0.6) is 0 Å². The van der Waals surface area contributed by atoms with E-state index in [4.69, 9.17) is 0 Å². The molecule has 0 nitrogen and oxygen atoms in total. The highest BCUT2D eigenvalue weighted by molar-refractivity contribution is 9.10. The van der Waals surface area contributed by atoms with Crippen molar-refractivity contribution in [3.8, 4) is 0 Å². The summed E-state index contributed by atoms with van der Waals surface area (Å²) in [5.74, 6) is 1.94. The molecule has 2 heteroatoms. The van der Waals surface area contributed by atoms with Gasteiger partial charge in [-0.3, -0.25) is 0 Å². The van der Waals surface area contributed by atoms with E-state index in [1.54, 1.807) is 0 Å². The molecule has 2 rings (SSSR count). The van der Waals surface area contributed by atoms with Crippen molar-refractivity contribution in [1.29, 1.82) is 0 Å².